The normalized spacial score (nSPS) is 12.6. The fourth-order valence-electron chi connectivity index (χ4n) is 2.64. The fraction of sp³-hybridized carbons (Fsp3) is 0.412. The maximum Gasteiger partial charge on any atom is 0.0203 e. The molecule has 19 heavy (non-hydrogen) atoms. The first kappa shape index (κ1) is 13.9. The first-order chi connectivity index (χ1) is 9.20. The van der Waals surface area contributed by atoms with Crippen molar-refractivity contribution in [2.45, 2.75) is 32.1 Å². The van der Waals surface area contributed by atoms with E-state index in [9.17, 15) is 0 Å². The second-order valence-electron chi connectivity index (χ2n) is 5.34. The van der Waals surface area contributed by atoms with Crippen molar-refractivity contribution in [3.8, 4) is 0 Å². The monoisotopic (exact) mass is 256 g/mol. The summed E-state index contributed by atoms with van der Waals surface area (Å²) >= 11 is 0. The summed E-state index contributed by atoms with van der Waals surface area (Å²) in [5.41, 5.74) is 9.91. The maximum absolute atomic E-state index is 5.77. The molecule has 1 unspecified atom stereocenters. The van der Waals surface area contributed by atoms with Crippen LogP contribution in [0.2, 0.25) is 0 Å². The summed E-state index contributed by atoms with van der Waals surface area (Å²) in [6.07, 6.45) is 5.46. The van der Waals surface area contributed by atoms with Gasteiger partial charge in [-0.05, 0) is 50.4 Å². The van der Waals surface area contributed by atoms with Gasteiger partial charge in [0.25, 0.3) is 0 Å². The lowest BCUT2D eigenvalue weighted by molar-refractivity contribution is 0.552. The summed E-state index contributed by atoms with van der Waals surface area (Å²) in [5.74, 6) is 0.561. The number of hydrogen-bond acceptors (Lipinski definition) is 1. The molecule has 0 fully saturated rings. The molecule has 1 heterocycles. The largest absolute Gasteiger partial charge is 0.354 e. The zero-order valence-corrected chi connectivity index (χ0v) is 12.0. The van der Waals surface area contributed by atoms with E-state index in [1.54, 1.807) is 0 Å². The second-order valence-corrected chi connectivity index (χ2v) is 5.34. The van der Waals surface area contributed by atoms with Crippen molar-refractivity contribution in [2.24, 2.45) is 12.8 Å². The van der Waals surface area contributed by atoms with Crippen molar-refractivity contribution >= 4 is 0 Å². The van der Waals surface area contributed by atoms with Crippen LogP contribution in [0.3, 0.4) is 0 Å². The van der Waals surface area contributed by atoms with Gasteiger partial charge in [0, 0.05) is 24.9 Å². The molecule has 2 N–H and O–H groups in total. The molecule has 0 amide bonds. The van der Waals surface area contributed by atoms with Gasteiger partial charge in [0.15, 0.2) is 0 Å². The van der Waals surface area contributed by atoms with Gasteiger partial charge < -0.3 is 10.3 Å². The lowest BCUT2D eigenvalue weighted by Gasteiger charge is -2.17. The van der Waals surface area contributed by atoms with Crippen LogP contribution in [-0.2, 0) is 13.5 Å². The second kappa shape index (κ2) is 6.58. The molecule has 1 atom stereocenters. The zero-order chi connectivity index (χ0) is 13.7. The lowest BCUT2D eigenvalue weighted by Crippen LogP contribution is -2.11. The Balaban J connectivity index is 2.01. The lowest BCUT2D eigenvalue weighted by atomic mass is 9.93. The number of rotatable bonds is 6. The Kier molecular flexibility index (Phi) is 4.80. The highest BCUT2D eigenvalue weighted by molar-refractivity contribution is 5.22. The molecule has 2 rings (SSSR count). The Morgan fingerprint density at radius 1 is 1.11 bits per heavy atom. The van der Waals surface area contributed by atoms with Crippen molar-refractivity contribution in [3.05, 3.63) is 59.4 Å². The molecule has 0 aliphatic heterocycles. The number of aryl methyl sites for hydroxylation is 3. The smallest absolute Gasteiger partial charge is 0.0203 e. The number of benzene rings is 1. The summed E-state index contributed by atoms with van der Waals surface area (Å²) < 4.78 is 2.22. The molecule has 0 saturated carbocycles. The molecule has 1 aromatic carbocycles. The third-order valence-electron chi connectivity index (χ3n) is 3.82. The minimum atomic E-state index is 0.561. The summed E-state index contributed by atoms with van der Waals surface area (Å²) in [5, 5.41) is 0. The van der Waals surface area contributed by atoms with E-state index >= 15 is 0 Å². The Labute approximate surface area is 116 Å². The van der Waals surface area contributed by atoms with Crippen LogP contribution in [0.25, 0.3) is 0 Å². The van der Waals surface area contributed by atoms with Crippen LogP contribution < -0.4 is 5.73 Å². The standard InChI is InChI=1S/C17H24N2/c1-14-5-7-15(8-6-14)9-10-16(11-12-18)17-4-3-13-19(17)2/h3-8,13,16H,9-12,18H2,1-2H3. The third-order valence-corrected chi connectivity index (χ3v) is 3.82. The maximum atomic E-state index is 5.77. The van der Waals surface area contributed by atoms with E-state index in [1.807, 2.05) is 0 Å². The van der Waals surface area contributed by atoms with E-state index in [0.29, 0.717) is 5.92 Å². The van der Waals surface area contributed by atoms with Crippen LogP contribution in [0.4, 0.5) is 0 Å². The number of aromatic nitrogens is 1. The fourth-order valence-corrected chi connectivity index (χ4v) is 2.64. The average molecular weight is 256 g/mol. The number of hydrogen-bond donors (Lipinski definition) is 1. The molecule has 102 valence electrons. The molecule has 0 radical (unpaired) electrons. The SMILES string of the molecule is Cc1ccc(CCC(CCN)c2cccn2C)cc1. The van der Waals surface area contributed by atoms with Crippen molar-refractivity contribution in [2.75, 3.05) is 6.54 Å². The Bertz CT molecular complexity index is 496. The Morgan fingerprint density at radius 3 is 2.42 bits per heavy atom. The topological polar surface area (TPSA) is 30.9 Å². The van der Waals surface area contributed by atoms with Gasteiger partial charge in [0.2, 0.25) is 0 Å². The minimum Gasteiger partial charge on any atom is -0.354 e. The highest BCUT2D eigenvalue weighted by Crippen LogP contribution is 2.25. The Hall–Kier alpha value is -1.54. The highest BCUT2D eigenvalue weighted by atomic mass is 14.9. The van der Waals surface area contributed by atoms with Crippen LogP contribution in [0, 0.1) is 6.92 Å². The predicted octanol–water partition coefficient (Wildman–Crippen LogP) is 3.40. The molecule has 2 nitrogen and oxygen atoms in total. The minimum absolute atomic E-state index is 0.561. The van der Waals surface area contributed by atoms with E-state index in [2.05, 4.69) is 61.1 Å². The first-order valence-electron chi connectivity index (χ1n) is 7.07. The quantitative estimate of drug-likeness (QED) is 0.843. The molecule has 1 aromatic heterocycles. The average Bonchev–Trinajstić information content (AvgIpc) is 2.83. The van der Waals surface area contributed by atoms with Crippen LogP contribution in [0.15, 0.2) is 42.6 Å². The van der Waals surface area contributed by atoms with E-state index in [0.717, 1.165) is 25.8 Å². The van der Waals surface area contributed by atoms with Gasteiger partial charge in [0.05, 0.1) is 0 Å². The van der Waals surface area contributed by atoms with Gasteiger partial charge in [-0.1, -0.05) is 29.8 Å². The molecule has 2 aromatic rings. The molecular formula is C17H24N2. The van der Waals surface area contributed by atoms with E-state index in [-0.39, 0.29) is 0 Å². The number of nitrogens with two attached hydrogens (primary N) is 1. The number of nitrogens with zero attached hydrogens (tertiary/aromatic N) is 1. The van der Waals surface area contributed by atoms with Crippen LogP contribution in [0.5, 0.6) is 0 Å². The van der Waals surface area contributed by atoms with Crippen molar-refractivity contribution in [3.63, 3.8) is 0 Å². The Morgan fingerprint density at radius 2 is 1.84 bits per heavy atom. The van der Waals surface area contributed by atoms with E-state index in [4.69, 9.17) is 5.73 Å². The molecule has 0 spiro atoms. The van der Waals surface area contributed by atoms with Gasteiger partial charge in [-0.15, -0.1) is 0 Å². The third kappa shape index (κ3) is 3.71. The van der Waals surface area contributed by atoms with Crippen LogP contribution in [0.1, 0.15) is 35.6 Å². The molecule has 0 bridgehead atoms. The molecule has 0 saturated heterocycles. The zero-order valence-electron chi connectivity index (χ0n) is 12.0. The van der Waals surface area contributed by atoms with Gasteiger partial charge in [-0.2, -0.15) is 0 Å². The van der Waals surface area contributed by atoms with Crippen molar-refractivity contribution in [1.82, 2.24) is 4.57 Å². The molecule has 2 heteroatoms. The summed E-state index contributed by atoms with van der Waals surface area (Å²) in [4.78, 5) is 0. The molecule has 0 aliphatic rings. The van der Waals surface area contributed by atoms with Gasteiger partial charge in [0.1, 0.15) is 0 Å². The van der Waals surface area contributed by atoms with Gasteiger partial charge in [-0.3, -0.25) is 0 Å². The van der Waals surface area contributed by atoms with E-state index < -0.39 is 0 Å². The summed E-state index contributed by atoms with van der Waals surface area (Å²) in [6.45, 7) is 2.88. The van der Waals surface area contributed by atoms with Crippen molar-refractivity contribution < 1.29 is 0 Å². The van der Waals surface area contributed by atoms with Crippen molar-refractivity contribution in [1.29, 1.82) is 0 Å². The first-order valence-corrected chi connectivity index (χ1v) is 7.07. The predicted molar refractivity (Wildman–Crippen MR) is 81.3 cm³/mol. The highest BCUT2D eigenvalue weighted by Gasteiger charge is 2.13. The van der Waals surface area contributed by atoms with Crippen LogP contribution >= 0.6 is 0 Å². The molecular weight excluding hydrogens is 232 g/mol. The summed E-state index contributed by atoms with van der Waals surface area (Å²) in [6, 6.07) is 13.2. The molecule has 0 aliphatic carbocycles. The summed E-state index contributed by atoms with van der Waals surface area (Å²) in [7, 11) is 2.12. The van der Waals surface area contributed by atoms with E-state index in [1.165, 1.54) is 16.8 Å². The van der Waals surface area contributed by atoms with Gasteiger partial charge in [-0.25, -0.2) is 0 Å². The van der Waals surface area contributed by atoms with Crippen LogP contribution in [-0.4, -0.2) is 11.1 Å². The van der Waals surface area contributed by atoms with Gasteiger partial charge >= 0.3 is 0 Å².